The number of ether oxygens (including phenoxy) is 1. The topological polar surface area (TPSA) is 171 Å². The number of carbonyl (C=O) groups is 2. The molecule has 12 nitrogen and oxygen atoms in total. The molecule has 1 heterocycles. The maximum Gasteiger partial charge on any atom is 0.469 e. The molecule has 2 amide bonds. The number of nitrogens with zero attached hydrogens (tertiary/aromatic N) is 2. The van der Waals surface area contributed by atoms with Gasteiger partial charge in [0.05, 0.1) is 34.0 Å². The van der Waals surface area contributed by atoms with Crippen molar-refractivity contribution in [1.82, 2.24) is 15.4 Å². The zero-order valence-corrected chi connectivity index (χ0v) is 22.4. The molecular weight excluding hydrogens is 566 g/mol. The van der Waals surface area contributed by atoms with Crippen LogP contribution in [0.2, 0.25) is 5.02 Å². The second-order valence-electron chi connectivity index (χ2n) is 7.98. The molecule has 38 heavy (non-hydrogen) atoms. The van der Waals surface area contributed by atoms with Crippen LogP contribution in [0.4, 0.5) is 14.3 Å². The van der Waals surface area contributed by atoms with E-state index in [1.54, 1.807) is 12.1 Å². The van der Waals surface area contributed by atoms with E-state index in [0.29, 0.717) is 11.1 Å². The largest absolute Gasteiger partial charge is 0.469 e. The number of amides is 2. The fourth-order valence-corrected chi connectivity index (χ4v) is 4.80. The Morgan fingerprint density at radius 2 is 1.95 bits per heavy atom. The summed E-state index contributed by atoms with van der Waals surface area (Å²) in [5.74, 6) is -1.21. The van der Waals surface area contributed by atoms with Crippen LogP contribution in [0.5, 0.6) is 0 Å². The van der Waals surface area contributed by atoms with Crippen LogP contribution in [-0.2, 0) is 25.2 Å². The van der Waals surface area contributed by atoms with Gasteiger partial charge in [-0.05, 0) is 23.8 Å². The lowest BCUT2D eigenvalue weighted by atomic mass is 10.1. The summed E-state index contributed by atoms with van der Waals surface area (Å²) in [5.41, 5.74) is 3.79. The van der Waals surface area contributed by atoms with Crippen LogP contribution in [0.15, 0.2) is 42.5 Å². The number of fused-ring (bicyclic) bond motifs is 1. The number of halogens is 2. The first-order valence-electron chi connectivity index (χ1n) is 11.1. The Morgan fingerprint density at radius 3 is 2.63 bits per heavy atom. The van der Waals surface area contributed by atoms with E-state index in [9.17, 15) is 23.7 Å². The Morgan fingerprint density at radius 1 is 1.21 bits per heavy atom. The predicted molar refractivity (Wildman–Crippen MR) is 138 cm³/mol. The third-order valence-corrected chi connectivity index (χ3v) is 6.93. The number of thiazole rings is 1. The number of hydrazine groups is 1. The molecule has 0 saturated carbocycles. The number of aliphatic hydroxyl groups is 1. The van der Waals surface area contributed by atoms with Crippen molar-refractivity contribution in [3.63, 3.8) is 0 Å². The summed E-state index contributed by atoms with van der Waals surface area (Å²) in [7, 11) is -4.86. The molecule has 3 rings (SSSR count). The molecule has 1 aromatic heterocycles. The summed E-state index contributed by atoms with van der Waals surface area (Å²) >= 11 is 7.21. The number of para-hydroxylation sites is 1. The Hall–Kier alpha value is -2.68. The molecule has 0 spiro atoms. The van der Waals surface area contributed by atoms with E-state index >= 15 is 0 Å². The minimum atomic E-state index is -4.86. The Labute approximate surface area is 225 Å². The number of hydrogen-bond acceptors (Lipinski definition) is 9. The minimum absolute atomic E-state index is 0.0976. The van der Waals surface area contributed by atoms with Gasteiger partial charge in [0.15, 0.2) is 5.13 Å². The van der Waals surface area contributed by atoms with E-state index in [1.165, 1.54) is 36.5 Å². The molecule has 2 unspecified atom stereocenters. The van der Waals surface area contributed by atoms with E-state index in [4.69, 9.17) is 26.1 Å². The maximum absolute atomic E-state index is 13.8. The molecule has 0 aliphatic rings. The fraction of sp³-hybridized carbons (Fsp3) is 0.318. The highest BCUT2D eigenvalue weighted by molar-refractivity contribution is 7.46. The van der Waals surface area contributed by atoms with E-state index in [-0.39, 0.29) is 23.1 Å². The van der Waals surface area contributed by atoms with Crippen LogP contribution in [-0.4, -0.2) is 62.2 Å². The molecule has 0 aliphatic carbocycles. The van der Waals surface area contributed by atoms with Crippen molar-refractivity contribution in [3.8, 4) is 0 Å². The predicted octanol–water partition coefficient (Wildman–Crippen LogP) is 3.42. The molecule has 0 fully saturated rings. The van der Waals surface area contributed by atoms with Crippen molar-refractivity contribution in [1.29, 1.82) is 0 Å². The maximum atomic E-state index is 13.8. The van der Waals surface area contributed by atoms with Gasteiger partial charge in [-0.25, -0.2) is 24.2 Å². The van der Waals surface area contributed by atoms with E-state index in [1.807, 2.05) is 12.1 Å². The van der Waals surface area contributed by atoms with Crippen molar-refractivity contribution in [2.75, 3.05) is 18.5 Å². The first-order chi connectivity index (χ1) is 17.9. The highest BCUT2D eigenvalue weighted by Gasteiger charge is 2.28. The van der Waals surface area contributed by atoms with Gasteiger partial charge in [-0.2, -0.15) is 0 Å². The van der Waals surface area contributed by atoms with Crippen LogP contribution in [0.25, 0.3) is 10.2 Å². The average molecular weight is 591 g/mol. The lowest BCUT2D eigenvalue weighted by Gasteiger charge is -2.32. The second-order valence-corrected chi connectivity index (χ2v) is 10.6. The Kier molecular flexibility index (Phi) is 10.5. The normalized spacial score (nSPS) is 13.2. The van der Waals surface area contributed by atoms with Gasteiger partial charge >= 0.3 is 13.9 Å². The quantitative estimate of drug-likeness (QED) is 0.155. The molecule has 0 bridgehead atoms. The highest BCUT2D eigenvalue weighted by atomic mass is 35.5. The SMILES string of the molecule is CC(=O)N(NCc1cccc(F)c1Cl)C(COC(=O)Nc1nc2ccccc2s1)CC(O)COP(=O)(O)O. The minimum Gasteiger partial charge on any atom is -0.447 e. The third-order valence-electron chi connectivity index (χ3n) is 5.06. The van der Waals surface area contributed by atoms with Gasteiger partial charge in [-0.1, -0.05) is 47.2 Å². The van der Waals surface area contributed by atoms with Gasteiger partial charge in [-0.3, -0.25) is 19.6 Å². The lowest BCUT2D eigenvalue weighted by molar-refractivity contribution is -0.137. The van der Waals surface area contributed by atoms with Crippen LogP contribution < -0.4 is 10.7 Å². The van der Waals surface area contributed by atoms with E-state index in [2.05, 4.69) is 20.3 Å². The summed E-state index contributed by atoms with van der Waals surface area (Å²) < 4.78 is 35.2. The Bertz CT molecular complexity index is 1290. The van der Waals surface area contributed by atoms with Crippen LogP contribution in [0.3, 0.4) is 0 Å². The standard InChI is InChI=1S/C22H25ClFN4O8PS/c1-13(29)28(25-10-14-5-4-6-17(24)20(14)23)15(9-16(30)12-36-37(32,33)34)11-35-22(31)27-21-26-18-7-2-3-8-19(18)38-21/h2-8,15-16,25,30H,9-12H2,1H3,(H,26,27,31)(H2,32,33,34). The van der Waals surface area contributed by atoms with Gasteiger partial charge < -0.3 is 19.6 Å². The summed E-state index contributed by atoms with van der Waals surface area (Å²) in [6, 6.07) is 10.4. The van der Waals surface area contributed by atoms with Crippen molar-refractivity contribution in [2.45, 2.75) is 32.0 Å². The van der Waals surface area contributed by atoms with E-state index in [0.717, 1.165) is 9.71 Å². The van der Waals surface area contributed by atoms with Crippen LogP contribution in [0.1, 0.15) is 18.9 Å². The van der Waals surface area contributed by atoms with Gasteiger partial charge in [0.1, 0.15) is 12.4 Å². The van der Waals surface area contributed by atoms with Gasteiger partial charge in [0, 0.05) is 19.9 Å². The van der Waals surface area contributed by atoms with Crippen LogP contribution >= 0.6 is 30.8 Å². The number of hydrogen-bond donors (Lipinski definition) is 5. The number of phosphoric ester groups is 1. The molecule has 0 aliphatic heterocycles. The molecule has 2 atom stereocenters. The second kappa shape index (κ2) is 13.4. The summed E-state index contributed by atoms with van der Waals surface area (Å²) in [5, 5.41) is 14.0. The fourth-order valence-electron chi connectivity index (χ4n) is 3.39. The molecule has 5 N–H and O–H groups in total. The van der Waals surface area contributed by atoms with Crippen molar-refractivity contribution >= 4 is 58.1 Å². The average Bonchev–Trinajstić information content (AvgIpc) is 3.25. The molecule has 206 valence electrons. The summed E-state index contributed by atoms with van der Waals surface area (Å²) in [6.45, 7) is -0.0835. The van der Waals surface area contributed by atoms with Crippen LogP contribution in [0, 0.1) is 5.82 Å². The lowest BCUT2D eigenvalue weighted by Crippen LogP contribution is -2.52. The highest BCUT2D eigenvalue weighted by Crippen LogP contribution is 2.36. The van der Waals surface area contributed by atoms with Gasteiger partial charge in [0.25, 0.3) is 0 Å². The summed E-state index contributed by atoms with van der Waals surface area (Å²) in [4.78, 5) is 47.0. The zero-order valence-electron chi connectivity index (χ0n) is 19.9. The molecule has 2 aromatic carbocycles. The molecule has 0 radical (unpaired) electrons. The summed E-state index contributed by atoms with van der Waals surface area (Å²) in [6.07, 6.45) is -2.64. The molecule has 16 heteroatoms. The van der Waals surface area contributed by atoms with E-state index < -0.39 is 51.0 Å². The number of anilines is 1. The number of aromatic nitrogens is 1. The number of nitrogens with one attached hydrogen (secondary N) is 2. The molecular formula is C22H25ClFN4O8PS. The third kappa shape index (κ3) is 8.96. The number of rotatable bonds is 12. The Balaban J connectivity index is 1.70. The van der Waals surface area contributed by atoms with Gasteiger partial charge in [0.2, 0.25) is 5.91 Å². The number of carbonyl (C=O) groups excluding carboxylic acids is 2. The monoisotopic (exact) mass is 590 g/mol. The number of benzene rings is 2. The zero-order chi connectivity index (χ0) is 27.9. The molecule has 0 saturated heterocycles. The van der Waals surface area contributed by atoms with Crippen molar-refractivity contribution in [2.24, 2.45) is 0 Å². The van der Waals surface area contributed by atoms with Crippen molar-refractivity contribution < 1.29 is 42.7 Å². The molecule has 3 aromatic rings. The smallest absolute Gasteiger partial charge is 0.447 e. The first-order valence-corrected chi connectivity index (χ1v) is 13.8. The van der Waals surface area contributed by atoms with Gasteiger partial charge in [-0.15, -0.1) is 0 Å². The first kappa shape index (κ1) is 29.9. The number of aliphatic hydroxyl groups excluding tert-OH is 1. The van der Waals surface area contributed by atoms with Crippen molar-refractivity contribution in [3.05, 3.63) is 58.9 Å². The number of phosphoric acid groups is 1.